The molecule has 0 aromatic carbocycles. The predicted molar refractivity (Wildman–Crippen MR) is 148 cm³/mol. The quantitative estimate of drug-likeness (QED) is 0.153. The van der Waals surface area contributed by atoms with Crippen LogP contribution in [0.3, 0.4) is 0 Å². The van der Waals surface area contributed by atoms with Crippen molar-refractivity contribution >= 4 is 0 Å². The fourth-order valence-electron chi connectivity index (χ4n) is 3.84. The molecule has 0 fully saturated rings. The molecule has 0 bridgehead atoms. The minimum atomic E-state index is 0. The van der Waals surface area contributed by atoms with Crippen LogP contribution < -0.4 is 29.6 Å². The van der Waals surface area contributed by atoms with Crippen LogP contribution in [0.5, 0.6) is 0 Å². The number of nitrogens with zero attached hydrogens (tertiary/aromatic N) is 9. The SMILES string of the molecule is CC.CC.CN1C=CC(CCCCCC#N)C1.CN1C=CC(CCCCCc2nn[nH]n2)C1.[N-]=[N+]=[N-].[Na+]. The predicted octanol–water partition coefficient (Wildman–Crippen LogP) is 3.84. The van der Waals surface area contributed by atoms with Gasteiger partial charge in [-0.3, -0.25) is 4.91 Å². The molecule has 1 aromatic rings. The third-order valence-electron chi connectivity index (χ3n) is 5.50. The van der Waals surface area contributed by atoms with E-state index in [1.54, 1.807) is 0 Å². The molecule has 0 saturated carbocycles. The minimum absolute atomic E-state index is 0. The van der Waals surface area contributed by atoms with Crippen molar-refractivity contribution in [3.05, 3.63) is 46.4 Å². The van der Waals surface area contributed by atoms with Crippen molar-refractivity contribution in [2.75, 3.05) is 27.2 Å². The average molecular weight is 525 g/mol. The van der Waals surface area contributed by atoms with Gasteiger partial charge in [-0.15, -0.1) is 10.2 Å². The van der Waals surface area contributed by atoms with Crippen LogP contribution in [0, 0.1) is 23.2 Å². The van der Waals surface area contributed by atoms with E-state index in [1.165, 1.54) is 56.5 Å². The first-order valence-electron chi connectivity index (χ1n) is 13.4. The number of aromatic amines is 1. The summed E-state index contributed by atoms with van der Waals surface area (Å²) >= 11 is 0. The van der Waals surface area contributed by atoms with Gasteiger partial charge in [0.15, 0.2) is 5.82 Å². The molecule has 1 N–H and O–H groups in total. The van der Waals surface area contributed by atoms with Gasteiger partial charge in [-0.1, -0.05) is 70.7 Å². The first-order chi connectivity index (χ1) is 17.6. The largest absolute Gasteiger partial charge is 1.00 e. The van der Waals surface area contributed by atoms with E-state index in [-0.39, 0.29) is 29.6 Å². The van der Waals surface area contributed by atoms with Crippen LogP contribution in [-0.4, -0.2) is 57.6 Å². The Morgan fingerprint density at radius 3 is 1.78 bits per heavy atom. The molecular weight excluding hydrogens is 475 g/mol. The van der Waals surface area contributed by atoms with E-state index in [1.807, 2.05) is 27.7 Å². The number of nitrogens with one attached hydrogen (secondary N) is 1. The van der Waals surface area contributed by atoms with Gasteiger partial charge in [0.05, 0.1) is 6.07 Å². The smallest absolute Gasteiger partial charge is 0.380 e. The molecular formula is C26H49N10Na. The fourth-order valence-corrected chi connectivity index (χ4v) is 3.84. The van der Waals surface area contributed by atoms with Crippen LogP contribution in [0.2, 0.25) is 0 Å². The second-order valence-electron chi connectivity index (χ2n) is 8.36. The van der Waals surface area contributed by atoms with Crippen LogP contribution in [0.25, 0.3) is 16.0 Å². The molecule has 2 unspecified atom stereocenters. The number of aromatic nitrogens is 4. The van der Waals surface area contributed by atoms with E-state index < -0.39 is 0 Å². The summed E-state index contributed by atoms with van der Waals surface area (Å²) in [6, 6.07) is 2.18. The molecule has 0 aliphatic carbocycles. The number of H-pyrrole nitrogens is 1. The van der Waals surface area contributed by atoms with E-state index in [0.717, 1.165) is 43.3 Å². The van der Waals surface area contributed by atoms with Crippen LogP contribution >= 0.6 is 0 Å². The van der Waals surface area contributed by atoms with Gasteiger partial charge in [0, 0.05) is 40.0 Å². The van der Waals surface area contributed by atoms with Gasteiger partial charge in [-0.25, -0.2) is 0 Å². The Bertz CT molecular complexity index is 724. The molecule has 37 heavy (non-hydrogen) atoms. The normalized spacial score (nSPS) is 16.2. The van der Waals surface area contributed by atoms with E-state index in [9.17, 15) is 0 Å². The number of nitriles is 1. The topological polar surface area (TPSA) is 143 Å². The van der Waals surface area contributed by atoms with Gasteiger partial charge in [0.2, 0.25) is 0 Å². The third-order valence-corrected chi connectivity index (χ3v) is 5.50. The molecule has 0 spiro atoms. The zero-order valence-electron chi connectivity index (χ0n) is 24.5. The summed E-state index contributed by atoms with van der Waals surface area (Å²) in [5.41, 5.74) is 13.5. The van der Waals surface area contributed by atoms with Gasteiger partial charge in [0.25, 0.3) is 0 Å². The molecule has 2 aliphatic heterocycles. The average Bonchev–Trinajstić information content (AvgIpc) is 3.66. The molecule has 3 heterocycles. The Kier molecular flexibility index (Phi) is 32.2. The summed E-state index contributed by atoms with van der Waals surface area (Å²) in [6.45, 7) is 10.4. The van der Waals surface area contributed by atoms with Gasteiger partial charge in [0.1, 0.15) is 0 Å². The maximum Gasteiger partial charge on any atom is 1.00 e. The van der Waals surface area contributed by atoms with Crippen LogP contribution in [0.1, 0.15) is 91.3 Å². The molecule has 3 rings (SSSR count). The third kappa shape index (κ3) is 24.1. The zero-order chi connectivity index (χ0) is 27.4. The summed E-state index contributed by atoms with van der Waals surface area (Å²) < 4.78 is 0. The summed E-state index contributed by atoms with van der Waals surface area (Å²) in [6.07, 6.45) is 20.5. The Hall–Kier alpha value is -2.05. The van der Waals surface area contributed by atoms with Gasteiger partial charge in [-0.05, 0) is 49.9 Å². The number of unbranched alkanes of at least 4 members (excludes halogenated alkanes) is 5. The number of hydrogen-bond acceptors (Lipinski definition) is 6. The standard InChI is InChI=1S/C11H19N5.C11H18N2.2C2H6.N3.Na/c1-16-8-7-10(9-16)5-3-2-4-6-11-12-14-15-13-11;1-13-9-7-11(10-13)6-4-2-3-5-8-12;2*1-2;1-3-2;/h7-8,10H,2-6,9H2,1H3,(H,12,13,14,15);7,9,11H,2-6,10H2,1H3;2*1-2H3;;/q;;;;-1;+1. The van der Waals surface area contributed by atoms with Crippen molar-refractivity contribution in [2.24, 2.45) is 11.8 Å². The van der Waals surface area contributed by atoms with Crippen molar-refractivity contribution in [1.82, 2.24) is 30.4 Å². The molecule has 0 saturated heterocycles. The Morgan fingerprint density at radius 2 is 1.41 bits per heavy atom. The number of aryl methyl sites for hydroxylation is 1. The van der Waals surface area contributed by atoms with Gasteiger partial charge >= 0.3 is 29.6 Å². The fraction of sp³-hybridized carbons (Fsp3) is 0.769. The van der Waals surface area contributed by atoms with Crippen LogP contribution in [-0.2, 0) is 6.42 Å². The minimum Gasteiger partial charge on any atom is -0.380 e. The Balaban J connectivity index is -0.000000499. The van der Waals surface area contributed by atoms with Crippen molar-refractivity contribution in [2.45, 2.75) is 91.9 Å². The molecule has 0 radical (unpaired) electrons. The first-order valence-corrected chi connectivity index (χ1v) is 13.4. The molecule has 2 aliphatic rings. The maximum absolute atomic E-state index is 8.34. The Labute approximate surface area is 247 Å². The summed E-state index contributed by atoms with van der Waals surface area (Å²) in [4.78, 5) is 5.99. The van der Waals surface area contributed by atoms with Gasteiger partial charge in [-0.2, -0.15) is 10.5 Å². The second kappa shape index (κ2) is 30.2. The summed E-state index contributed by atoms with van der Waals surface area (Å²) in [5, 5.41) is 22.2. The van der Waals surface area contributed by atoms with E-state index in [0.29, 0.717) is 0 Å². The van der Waals surface area contributed by atoms with Crippen LogP contribution in [0.15, 0.2) is 24.6 Å². The molecule has 0 amide bonds. The summed E-state index contributed by atoms with van der Waals surface area (Å²) in [5.74, 6) is 2.35. The molecule has 2 atom stereocenters. The summed E-state index contributed by atoms with van der Waals surface area (Å²) in [7, 11) is 4.25. The zero-order valence-corrected chi connectivity index (χ0v) is 26.5. The Morgan fingerprint density at radius 1 is 0.919 bits per heavy atom. The number of hydrogen-bond donors (Lipinski definition) is 1. The maximum atomic E-state index is 8.34. The monoisotopic (exact) mass is 524 g/mol. The van der Waals surface area contributed by atoms with E-state index in [2.05, 4.69) is 75.1 Å². The van der Waals surface area contributed by atoms with Crippen molar-refractivity contribution in [3.63, 3.8) is 0 Å². The van der Waals surface area contributed by atoms with Crippen molar-refractivity contribution < 1.29 is 29.6 Å². The van der Waals surface area contributed by atoms with E-state index in [4.69, 9.17) is 16.3 Å². The molecule has 1 aromatic heterocycles. The van der Waals surface area contributed by atoms with Crippen LogP contribution in [0.4, 0.5) is 0 Å². The molecule has 10 nitrogen and oxygen atoms in total. The second-order valence-corrected chi connectivity index (χ2v) is 8.36. The van der Waals surface area contributed by atoms with E-state index >= 15 is 0 Å². The van der Waals surface area contributed by atoms with Gasteiger partial charge < -0.3 is 20.9 Å². The molecule has 11 heteroatoms. The number of tetrazole rings is 1. The first kappa shape index (κ1) is 39.5. The number of rotatable bonds is 11. The van der Waals surface area contributed by atoms with Crippen molar-refractivity contribution in [1.29, 1.82) is 5.26 Å². The van der Waals surface area contributed by atoms with Crippen molar-refractivity contribution in [3.8, 4) is 6.07 Å². The molecule has 204 valence electrons.